The molecule has 1 unspecified atom stereocenters. The van der Waals surface area contributed by atoms with Gasteiger partial charge < -0.3 is 20.7 Å². The van der Waals surface area contributed by atoms with Crippen LogP contribution in [0.3, 0.4) is 0 Å². The lowest BCUT2D eigenvalue weighted by atomic mass is 9.95. The lowest BCUT2D eigenvalue weighted by molar-refractivity contribution is -0.140. The molecule has 0 aromatic rings. The number of rotatable bonds is 9. The van der Waals surface area contributed by atoms with Crippen molar-refractivity contribution in [3.63, 3.8) is 0 Å². The third-order valence-corrected chi connectivity index (χ3v) is 4.34. The van der Waals surface area contributed by atoms with Gasteiger partial charge in [-0.2, -0.15) is 0 Å². The fourth-order valence-electron chi connectivity index (χ4n) is 3.09. The Bertz CT molecular complexity index is 426. The zero-order valence-corrected chi connectivity index (χ0v) is 15.1. The molecule has 24 heavy (non-hydrogen) atoms. The molecule has 1 fully saturated rings. The van der Waals surface area contributed by atoms with E-state index >= 15 is 0 Å². The molecule has 0 aliphatic carbocycles. The van der Waals surface area contributed by atoms with Crippen LogP contribution < -0.4 is 11.1 Å². The zero-order chi connectivity index (χ0) is 17.8. The Morgan fingerprint density at radius 3 is 2.71 bits per heavy atom. The van der Waals surface area contributed by atoms with Gasteiger partial charge in [-0.25, -0.2) is 0 Å². The highest BCUT2D eigenvalue weighted by atomic mass is 16.5. The Balaban J connectivity index is 2.20. The van der Waals surface area contributed by atoms with E-state index in [4.69, 9.17) is 5.73 Å². The predicted molar refractivity (Wildman–Crippen MR) is 94.6 cm³/mol. The lowest BCUT2D eigenvalue weighted by Crippen LogP contribution is -2.47. The summed E-state index contributed by atoms with van der Waals surface area (Å²) in [4.78, 5) is 28.7. The van der Waals surface area contributed by atoms with Crippen molar-refractivity contribution in [3.8, 4) is 0 Å². The number of hydrogen-bond donors (Lipinski definition) is 2. The molecule has 7 nitrogen and oxygen atoms in total. The Morgan fingerprint density at radius 1 is 1.29 bits per heavy atom. The maximum absolute atomic E-state index is 11.1. The molecule has 0 saturated carbocycles. The molecule has 0 spiro atoms. The quantitative estimate of drug-likeness (QED) is 0.285. The fraction of sp³-hybridized carbons (Fsp3) is 0.824. The number of primary amides is 1. The monoisotopic (exact) mass is 340 g/mol. The largest absolute Gasteiger partial charge is 0.469 e. The molecule has 3 N–H and O–H groups in total. The molecule has 0 aromatic heterocycles. The van der Waals surface area contributed by atoms with Gasteiger partial charge in [0.1, 0.15) is 0 Å². The number of nitrogens with zero attached hydrogens (tertiary/aromatic N) is 2. The van der Waals surface area contributed by atoms with Gasteiger partial charge in [-0.3, -0.25) is 14.6 Å². The van der Waals surface area contributed by atoms with E-state index < -0.39 is 0 Å². The van der Waals surface area contributed by atoms with Gasteiger partial charge in [-0.05, 0) is 31.6 Å². The third kappa shape index (κ3) is 8.17. The molecule has 1 aliphatic rings. The van der Waals surface area contributed by atoms with Crippen LogP contribution in [-0.2, 0) is 14.3 Å². The molecule has 1 rings (SSSR count). The summed E-state index contributed by atoms with van der Waals surface area (Å²) in [6, 6.07) is 0. The first-order chi connectivity index (χ1) is 11.6. The minimum absolute atomic E-state index is 0.135. The van der Waals surface area contributed by atoms with Gasteiger partial charge in [0.2, 0.25) is 5.91 Å². The van der Waals surface area contributed by atoms with Crippen molar-refractivity contribution >= 4 is 17.8 Å². The zero-order valence-electron chi connectivity index (χ0n) is 15.1. The number of carbonyl (C=O) groups is 2. The molecule has 1 saturated heterocycles. The minimum atomic E-state index is -0.225. The minimum Gasteiger partial charge on any atom is -0.469 e. The average Bonchev–Trinajstić information content (AvgIpc) is 2.56. The van der Waals surface area contributed by atoms with Crippen LogP contribution in [0.15, 0.2) is 4.99 Å². The van der Waals surface area contributed by atoms with Crippen molar-refractivity contribution in [1.82, 2.24) is 10.2 Å². The van der Waals surface area contributed by atoms with Crippen LogP contribution >= 0.6 is 0 Å². The molecule has 0 radical (unpaired) electrons. The van der Waals surface area contributed by atoms with E-state index in [1.165, 1.54) is 7.11 Å². The number of carbonyl (C=O) groups excluding carboxylic acids is 2. The van der Waals surface area contributed by atoms with Crippen molar-refractivity contribution in [2.75, 3.05) is 33.8 Å². The number of amides is 1. The van der Waals surface area contributed by atoms with E-state index in [1.54, 1.807) is 7.05 Å². The van der Waals surface area contributed by atoms with E-state index in [-0.39, 0.29) is 11.9 Å². The van der Waals surface area contributed by atoms with Crippen LogP contribution in [0.5, 0.6) is 0 Å². The van der Waals surface area contributed by atoms with Crippen LogP contribution in [-0.4, -0.2) is 56.5 Å². The number of piperidine rings is 1. The molecule has 1 amide bonds. The number of methoxy groups -OCH3 is 1. The van der Waals surface area contributed by atoms with Crippen LogP contribution in [0, 0.1) is 5.92 Å². The number of guanidine groups is 1. The van der Waals surface area contributed by atoms with Crippen LogP contribution in [0.1, 0.15) is 51.4 Å². The number of ether oxygens (including phenoxy) is 1. The van der Waals surface area contributed by atoms with Gasteiger partial charge in [0.05, 0.1) is 7.11 Å². The number of likely N-dealkylation sites (tertiary alicyclic amines) is 1. The number of esters is 1. The molecule has 7 heteroatoms. The van der Waals surface area contributed by atoms with Gasteiger partial charge in [0.25, 0.3) is 0 Å². The van der Waals surface area contributed by atoms with Crippen molar-refractivity contribution < 1.29 is 14.3 Å². The second kappa shape index (κ2) is 11.7. The maximum atomic E-state index is 11.1. The second-order valence-corrected chi connectivity index (χ2v) is 6.34. The summed E-state index contributed by atoms with van der Waals surface area (Å²) in [6.45, 7) is 2.66. The molecule has 1 heterocycles. The van der Waals surface area contributed by atoms with Crippen molar-refractivity contribution in [2.45, 2.75) is 51.4 Å². The number of hydrogen-bond acceptors (Lipinski definition) is 4. The summed E-state index contributed by atoms with van der Waals surface area (Å²) < 4.78 is 4.62. The summed E-state index contributed by atoms with van der Waals surface area (Å²) in [7, 11) is 3.21. The van der Waals surface area contributed by atoms with Crippen LogP contribution in [0.25, 0.3) is 0 Å². The number of aliphatic imine (C=N–C) groups is 1. The van der Waals surface area contributed by atoms with Gasteiger partial charge in [-0.15, -0.1) is 0 Å². The van der Waals surface area contributed by atoms with Crippen molar-refractivity contribution in [1.29, 1.82) is 0 Å². The Morgan fingerprint density at radius 2 is 2.04 bits per heavy atom. The normalized spacial score (nSPS) is 18.3. The molecule has 0 bridgehead atoms. The standard InChI is InChI=1S/C17H32N4O3/c1-19-17(20-10-6-4-3-5-9-16(23)24-2)21-11-7-8-14(13-21)12-15(18)22/h14H,3-13H2,1-2H3,(H2,18,22)(H,19,20). The molecule has 1 aliphatic heterocycles. The third-order valence-electron chi connectivity index (χ3n) is 4.34. The summed E-state index contributed by atoms with van der Waals surface area (Å²) in [5.74, 6) is 0.868. The first-order valence-corrected chi connectivity index (χ1v) is 8.87. The molecule has 0 aromatic carbocycles. The summed E-state index contributed by atoms with van der Waals surface area (Å²) in [5, 5.41) is 3.39. The number of nitrogens with two attached hydrogens (primary N) is 1. The van der Waals surface area contributed by atoms with E-state index in [0.717, 1.165) is 64.1 Å². The molecule has 1 atom stereocenters. The topological polar surface area (TPSA) is 97.0 Å². The molecular formula is C17H32N4O3. The van der Waals surface area contributed by atoms with Crippen molar-refractivity contribution in [3.05, 3.63) is 0 Å². The maximum Gasteiger partial charge on any atom is 0.305 e. The summed E-state index contributed by atoms with van der Waals surface area (Å²) in [5.41, 5.74) is 5.31. The summed E-state index contributed by atoms with van der Waals surface area (Å²) >= 11 is 0. The van der Waals surface area contributed by atoms with E-state index in [0.29, 0.717) is 18.8 Å². The number of unbranched alkanes of at least 4 members (excludes halogenated alkanes) is 3. The SMILES string of the molecule is CN=C(NCCCCCCC(=O)OC)N1CCCC(CC(N)=O)C1. The highest BCUT2D eigenvalue weighted by molar-refractivity contribution is 5.80. The first-order valence-electron chi connectivity index (χ1n) is 8.87. The highest BCUT2D eigenvalue weighted by Crippen LogP contribution is 2.19. The van der Waals surface area contributed by atoms with Gasteiger partial charge in [-0.1, -0.05) is 12.8 Å². The van der Waals surface area contributed by atoms with Crippen molar-refractivity contribution in [2.24, 2.45) is 16.6 Å². The fourth-order valence-corrected chi connectivity index (χ4v) is 3.09. The first kappa shape index (κ1) is 20.3. The van der Waals surface area contributed by atoms with E-state index in [1.807, 2.05) is 0 Å². The van der Waals surface area contributed by atoms with E-state index in [9.17, 15) is 9.59 Å². The summed E-state index contributed by atoms with van der Waals surface area (Å²) in [6.07, 6.45) is 7.09. The smallest absolute Gasteiger partial charge is 0.305 e. The Hall–Kier alpha value is -1.79. The Labute approximate surface area is 145 Å². The lowest BCUT2D eigenvalue weighted by Gasteiger charge is -2.34. The van der Waals surface area contributed by atoms with Gasteiger partial charge >= 0.3 is 5.97 Å². The van der Waals surface area contributed by atoms with Crippen LogP contribution in [0.2, 0.25) is 0 Å². The second-order valence-electron chi connectivity index (χ2n) is 6.34. The average molecular weight is 340 g/mol. The molecule has 138 valence electrons. The predicted octanol–water partition coefficient (Wildman–Crippen LogP) is 1.27. The van der Waals surface area contributed by atoms with Crippen LogP contribution in [0.4, 0.5) is 0 Å². The van der Waals surface area contributed by atoms with Gasteiger partial charge in [0, 0.05) is 39.5 Å². The molecular weight excluding hydrogens is 308 g/mol. The van der Waals surface area contributed by atoms with E-state index in [2.05, 4.69) is 19.9 Å². The number of nitrogens with one attached hydrogen (secondary N) is 1. The van der Waals surface area contributed by atoms with Gasteiger partial charge in [0.15, 0.2) is 5.96 Å². The highest BCUT2D eigenvalue weighted by Gasteiger charge is 2.23. The Kier molecular flexibility index (Phi) is 9.88.